The fourth-order valence-corrected chi connectivity index (χ4v) is 4.78. The van der Waals surface area contributed by atoms with Crippen LogP contribution >= 0.6 is 11.8 Å². The van der Waals surface area contributed by atoms with E-state index in [9.17, 15) is 13.2 Å². The second-order valence-electron chi connectivity index (χ2n) is 5.87. The maximum atomic E-state index is 12.8. The van der Waals surface area contributed by atoms with Gasteiger partial charge in [-0.15, -0.1) is 11.8 Å². The molecule has 0 aliphatic carbocycles. The zero-order valence-electron chi connectivity index (χ0n) is 14.5. The minimum absolute atomic E-state index is 0.0815. The fraction of sp³-hybridized carbons (Fsp3) is 0.278. The highest BCUT2D eigenvalue weighted by Crippen LogP contribution is 2.36. The molecule has 2 aromatic carbocycles. The number of thioether (sulfide) groups is 1. The van der Waals surface area contributed by atoms with Gasteiger partial charge in [0.25, 0.3) is 10.0 Å². The maximum Gasteiger partial charge on any atom is 0.262 e. The average molecular weight is 393 g/mol. The van der Waals surface area contributed by atoms with Crippen molar-refractivity contribution in [3.05, 3.63) is 42.5 Å². The minimum Gasteiger partial charge on any atom is -0.492 e. The second kappa shape index (κ2) is 7.59. The van der Waals surface area contributed by atoms with Gasteiger partial charge in [0, 0.05) is 16.6 Å². The molecular weight excluding hydrogens is 372 g/mol. The number of hydrogen-bond donors (Lipinski definition) is 2. The molecule has 8 heteroatoms. The number of carbonyl (C=O) groups excluding carboxylic acids is 1. The first kappa shape index (κ1) is 18.6. The molecule has 1 atom stereocenters. The van der Waals surface area contributed by atoms with Crippen molar-refractivity contribution in [2.75, 3.05) is 16.6 Å². The molecule has 6 nitrogen and oxygen atoms in total. The number of fused-ring (bicyclic) bond motifs is 1. The molecule has 1 unspecified atom stereocenters. The second-order valence-corrected chi connectivity index (χ2v) is 9.04. The highest BCUT2D eigenvalue weighted by atomic mass is 32.2. The molecule has 1 heterocycles. The van der Waals surface area contributed by atoms with Gasteiger partial charge in [0.1, 0.15) is 5.75 Å². The van der Waals surface area contributed by atoms with E-state index in [1.165, 1.54) is 6.07 Å². The minimum atomic E-state index is -3.82. The largest absolute Gasteiger partial charge is 0.492 e. The summed E-state index contributed by atoms with van der Waals surface area (Å²) in [7, 11) is -3.82. The lowest BCUT2D eigenvalue weighted by molar-refractivity contribution is -0.116. The Kier molecular flexibility index (Phi) is 5.43. The van der Waals surface area contributed by atoms with Crippen LogP contribution in [0.2, 0.25) is 0 Å². The van der Waals surface area contributed by atoms with Crippen LogP contribution in [-0.2, 0) is 14.8 Å². The van der Waals surface area contributed by atoms with Crippen molar-refractivity contribution in [2.24, 2.45) is 0 Å². The number of amides is 1. The summed E-state index contributed by atoms with van der Waals surface area (Å²) in [5, 5.41) is 2.92. The molecule has 1 aliphatic heterocycles. The van der Waals surface area contributed by atoms with Crippen molar-refractivity contribution in [1.29, 1.82) is 0 Å². The van der Waals surface area contributed by atoms with Crippen LogP contribution in [0.15, 0.2) is 52.3 Å². The average Bonchev–Trinajstić information content (AvgIpc) is 2.72. The van der Waals surface area contributed by atoms with Gasteiger partial charge in [0.05, 0.1) is 22.9 Å². The zero-order chi connectivity index (χ0) is 18.7. The van der Waals surface area contributed by atoms with Gasteiger partial charge in [-0.25, -0.2) is 8.42 Å². The molecule has 0 fully saturated rings. The maximum absolute atomic E-state index is 12.8. The number of benzene rings is 2. The Morgan fingerprint density at radius 2 is 2.04 bits per heavy atom. The predicted octanol–water partition coefficient (Wildman–Crippen LogP) is 3.71. The Hall–Kier alpha value is -2.19. The summed E-state index contributed by atoms with van der Waals surface area (Å²) in [5.41, 5.74) is 0.890. The quantitative estimate of drug-likeness (QED) is 0.810. The molecule has 0 bridgehead atoms. The van der Waals surface area contributed by atoms with Gasteiger partial charge in [0.2, 0.25) is 5.91 Å². The number of carbonyl (C=O) groups is 1. The molecule has 2 N–H and O–H groups in total. The van der Waals surface area contributed by atoms with Crippen molar-refractivity contribution < 1.29 is 17.9 Å². The Bertz CT molecular complexity index is 929. The summed E-state index contributed by atoms with van der Waals surface area (Å²) in [6, 6.07) is 11.6. The Morgan fingerprint density at radius 1 is 1.27 bits per heavy atom. The van der Waals surface area contributed by atoms with E-state index in [2.05, 4.69) is 10.0 Å². The lowest BCUT2D eigenvalue weighted by Crippen LogP contribution is -2.15. The standard InChI is InChI=1S/C18H20N2O4S2/c1-3-24-16-7-5-4-6-14(16)20-26(22,23)13-8-9-17-15(11-13)19-18(21)10-12(2)25-17/h4-9,11-12,20H,3,10H2,1-2H3,(H,19,21). The number of anilines is 2. The summed E-state index contributed by atoms with van der Waals surface area (Å²) < 4.78 is 33.6. The first-order chi connectivity index (χ1) is 12.4. The third-order valence-corrected chi connectivity index (χ3v) is 6.31. The van der Waals surface area contributed by atoms with Gasteiger partial charge < -0.3 is 10.1 Å². The highest BCUT2D eigenvalue weighted by molar-refractivity contribution is 8.00. The van der Waals surface area contributed by atoms with Crippen LogP contribution in [0, 0.1) is 0 Å². The molecule has 0 aromatic heterocycles. The van der Waals surface area contributed by atoms with E-state index >= 15 is 0 Å². The van der Waals surface area contributed by atoms with E-state index in [0.717, 1.165) is 4.90 Å². The number of ether oxygens (including phenoxy) is 1. The van der Waals surface area contributed by atoms with E-state index in [0.29, 0.717) is 30.2 Å². The van der Waals surface area contributed by atoms with E-state index in [1.54, 1.807) is 48.2 Å². The van der Waals surface area contributed by atoms with E-state index < -0.39 is 10.0 Å². The molecule has 1 amide bonds. The topological polar surface area (TPSA) is 84.5 Å². The van der Waals surface area contributed by atoms with Crippen LogP contribution in [-0.4, -0.2) is 26.2 Å². The third-order valence-electron chi connectivity index (χ3n) is 3.77. The van der Waals surface area contributed by atoms with E-state index in [-0.39, 0.29) is 16.1 Å². The monoisotopic (exact) mass is 392 g/mol. The predicted molar refractivity (Wildman–Crippen MR) is 103 cm³/mol. The molecular formula is C18H20N2O4S2. The van der Waals surface area contributed by atoms with Crippen molar-refractivity contribution in [2.45, 2.75) is 35.3 Å². The van der Waals surface area contributed by atoms with E-state index in [4.69, 9.17) is 4.74 Å². The van der Waals surface area contributed by atoms with Gasteiger partial charge in [-0.1, -0.05) is 19.1 Å². The Morgan fingerprint density at radius 3 is 2.81 bits per heavy atom. The smallest absolute Gasteiger partial charge is 0.262 e. The van der Waals surface area contributed by atoms with Crippen molar-refractivity contribution in [3.8, 4) is 5.75 Å². The van der Waals surface area contributed by atoms with Gasteiger partial charge in [-0.05, 0) is 37.3 Å². The fourth-order valence-electron chi connectivity index (χ4n) is 2.63. The number of rotatable bonds is 5. The first-order valence-electron chi connectivity index (χ1n) is 8.24. The third kappa shape index (κ3) is 4.13. The molecule has 138 valence electrons. The van der Waals surface area contributed by atoms with Crippen LogP contribution < -0.4 is 14.8 Å². The SMILES string of the molecule is CCOc1ccccc1NS(=O)(=O)c1ccc2c(c1)NC(=O)CC(C)S2. The lowest BCUT2D eigenvalue weighted by atomic mass is 10.3. The highest BCUT2D eigenvalue weighted by Gasteiger charge is 2.23. The summed E-state index contributed by atoms with van der Waals surface area (Å²) >= 11 is 1.55. The molecule has 0 spiro atoms. The van der Waals surface area contributed by atoms with Crippen LogP contribution in [0.5, 0.6) is 5.75 Å². The summed E-state index contributed by atoms with van der Waals surface area (Å²) in [6.45, 7) is 4.23. The molecule has 0 radical (unpaired) electrons. The van der Waals surface area contributed by atoms with Crippen molar-refractivity contribution >= 4 is 39.1 Å². The molecule has 26 heavy (non-hydrogen) atoms. The van der Waals surface area contributed by atoms with Gasteiger partial charge in [-0.3, -0.25) is 9.52 Å². The summed E-state index contributed by atoms with van der Waals surface area (Å²) in [6.07, 6.45) is 0.390. The summed E-state index contributed by atoms with van der Waals surface area (Å²) in [5.74, 6) is 0.346. The van der Waals surface area contributed by atoms with Gasteiger partial charge in [0.15, 0.2) is 0 Å². The molecule has 2 aromatic rings. The Balaban J connectivity index is 1.92. The van der Waals surface area contributed by atoms with E-state index in [1.807, 2.05) is 13.8 Å². The molecule has 1 aliphatic rings. The number of nitrogens with one attached hydrogen (secondary N) is 2. The van der Waals surface area contributed by atoms with Crippen LogP contribution in [0.4, 0.5) is 11.4 Å². The molecule has 0 saturated heterocycles. The van der Waals surface area contributed by atoms with Gasteiger partial charge in [-0.2, -0.15) is 0 Å². The van der Waals surface area contributed by atoms with Crippen LogP contribution in [0.3, 0.4) is 0 Å². The first-order valence-corrected chi connectivity index (χ1v) is 10.6. The molecule has 0 saturated carbocycles. The number of hydrogen-bond acceptors (Lipinski definition) is 5. The molecule has 3 rings (SSSR count). The van der Waals surface area contributed by atoms with Crippen LogP contribution in [0.1, 0.15) is 20.3 Å². The van der Waals surface area contributed by atoms with Crippen molar-refractivity contribution in [3.63, 3.8) is 0 Å². The van der Waals surface area contributed by atoms with Crippen LogP contribution in [0.25, 0.3) is 0 Å². The Labute approximate surface area is 157 Å². The summed E-state index contributed by atoms with van der Waals surface area (Å²) in [4.78, 5) is 12.9. The zero-order valence-corrected chi connectivity index (χ0v) is 16.1. The van der Waals surface area contributed by atoms with Gasteiger partial charge >= 0.3 is 0 Å². The normalized spacial score (nSPS) is 17.0. The lowest BCUT2D eigenvalue weighted by Gasteiger charge is -2.14. The van der Waals surface area contributed by atoms with Crippen molar-refractivity contribution in [1.82, 2.24) is 0 Å². The number of sulfonamides is 1. The number of para-hydroxylation sites is 2.